The molecule has 0 bridgehead atoms. The van der Waals surface area contributed by atoms with E-state index in [2.05, 4.69) is 9.97 Å². The molecule has 2 atom stereocenters. The lowest BCUT2D eigenvalue weighted by Crippen LogP contribution is -2.34. The van der Waals surface area contributed by atoms with Crippen LogP contribution in [-0.4, -0.2) is 48.9 Å². The predicted octanol–water partition coefficient (Wildman–Crippen LogP) is 2.39. The molecule has 1 aromatic heterocycles. The molecule has 2 aliphatic heterocycles. The first-order valence-electron chi connectivity index (χ1n) is 8.88. The van der Waals surface area contributed by atoms with Gasteiger partial charge in [-0.05, 0) is 17.4 Å². The third-order valence-electron chi connectivity index (χ3n) is 5.31. The molecule has 28 heavy (non-hydrogen) atoms. The van der Waals surface area contributed by atoms with Crippen LogP contribution in [0.1, 0.15) is 11.3 Å². The van der Waals surface area contributed by atoms with Crippen LogP contribution in [0, 0.1) is 11.8 Å². The first-order chi connectivity index (χ1) is 13.2. The van der Waals surface area contributed by atoms with Crippen molar-refractivity contribution in [3.05, 3.63) is 54.0 Å². The van der Waals surface area contributed by atoms with Gasteiger partial charge in [-0.25, -0.2) is 22.7 Å². The standard InChI is InChI=1S/C18H19F3N4O2S/c19-18(20,21)16-6-17(23-12-22-16)24-7-14-9-25(10-15(14)8-24)28(26,27)11-13-4-2-1-3-5-13/h1-6,12,14-15H,7-11H2. The largest absolute Gasteiger partial charge is 0.433 e. The minimum Gasteiger partial charge on any atom is -0.356 e. The molecule has 10 heteroatoms. The van der Waals surface area contributed by atoms with Crippen molar-refractivity contribution in [3.8, 4) is 0 Å². The van der Waals surface area contributed by atoms with Crippen molar-refractivity contribution in [3.63, 3.8) is 0 Å². The minimum absolute atomic E-state index is 0.0438. The van der Waals surface area contributed by atoms with Gasteiger partial charge in [0, 0.05) is 32.2 Å². The van der Waals surface area contributed by atoms with Crippen LogP contribution in [0.15, 0.2) is 42.7 Å². The second-order valence-electron chi connectivity index (χ2n) is 7.24. The molecule has 150 valence electrons. The lowest BCUT2D eigenvalue weighted by molar-refractivity contribution is -0.141. The lowest BCUT2D eigenvalue weighted by Gasteiger charge is -2.22. The van der Waals surface area contributed by atoms with Gasteiger partial charge in [-0.3, -0.25) is 0 Å². The molecule has 0 radical (unpaired) electrons. The zero-order valence-electron chi connectivity index (χ0n) is 14.9. The molecule has 0 saturated carbocycles. The number of fused-ring (bicyclic) bond motifs is 1. The highest BCUT2D eigenvalue weighted by molar-refractivity contribution is 7.88. The molecule has 2 saturated heterocycles. The monoisotopic (exact) mass is 412 g/mol. The van der Waals surface area contributed by atoms with E-state index in [0.717, 1.165) is 18.0 Å². The highest BCUT2D eigenvalue weighted by atomic mass is 32.2. The zero-order valence-corrected chi connectivity index (χ0v) is 15.7. The van der Waals surface area contributed by atoms with Gasteiger partial charge in [0.2, 0.25) is 10.0 Å². The molecule has 0 N–H and O–H groups in total. The Morgan fingerprint density at radius 1 is 1.00 bits per heavy atom. The van der Waals surface area contributed by atoms with E-state index in [1.807, 2.05) is 6.07 Å². The number of sulfonamides is 1. The molecule has 0 spiro atoms. The molecular formula is C18H19F3N4O2S. The molecule has 2 unspecified atom stereocenters. The SMILES string of the molecule is O=S(=O)(Cc1ccccc1)N1CC2CN(c3cc(C(F)(F)F)ncn3)CC2C1. The van der Waals surface area contributed by atoms with Crippen LogP contribution in [0.25, 0.3) is 0 Å². The molecule has 3 heterocycles. The summed E-state index contributed by atoms with van der Waals surface area (Å²) in [6.07, 6.45) is -3.60. The van der Waals surface area contributed by atoms with Crippen LogP contribution in [-0.2, 0) is 22.0 Å². The average Bonchev–Trinajstić information content (AvgIpc) is 3.21. The van der Waals surface area contributed by atoms with E-state index in [-0.39, 0.29) is 23.4 Å². The van der Waals surface area contributed by atoms with Gasteiger partial charge >= 0.3 is 6.18 Å². The van der Waals surface area contributed by atoms with E-state index in [9.17, 15) is 21.6 Å². The summed E-state index contributed by atoms with van der Waals surface area (Å²) in [5, 5.41) is 0. The number of halogens is 3. The van der Waals surface area contributed by atoms with Crippen LogP contribution in [0.3, 0.4) is 0 Å². The van der Waals surface area contributed by atoms with Crippen molar-refractivity contribution in [1.82, 2.24) is 14.3 Å². The highest BCUT2D eigenvalue weighted by Gasteiger charge is 2.44. The maximum absolute atomic E-state index is 12.9. The number of rotatable bonds is 4. The minimum atomic E-state index is -4.52. The fraction of sp³-hybridized carbons (Fsp3) is 0.444. The van der Waals surface area contributed by atoms with Crippen molar-refractivity contribution in [2.75, 3.05) is 31.1 Å². The summed E-state index contributed by atoms with van der Waals surface area (Å²) < 4.78 is 65.5. The Morgan fingerprint density at radius 2 is 1.64 bits per heavy atom. The maximum atomic E-state index is 12.9. The molecule has 4 rings (SSSR count). The highest BCUT2D eigenvalue weighted by Crippen LogP contribution is 2.36. The number of anilines is 1. The summed E-state index contributed by atoms with van der Waals surface area (Å²) in [6, 6.07) is 9.96. The van der Waals surface area contributed by atoms with Gasteiger partial charge in [0.1, 0.15) is 17.8 Å². The lowest BCUT2D eigenvalue weighted by atomic mass is 10.0. The van der Waals surface area contributed by atoms with E-state index < -0.39 is 21.9 Å². The maximum Gasteiger partial charge on any atom is 0.433 e. The number of alkyl halides is 3. The Morgan fingerprint density at radius 3 is 2.25 bits per heavy atom. The smallest absolute Gasteiger partial charge is 0.356 e. The number of benzene rings is 1. The Bertz CT molecular complexity index is 939. The Labute approximate surface area is 161 Å². The Hall–Kier alpha value is -2.20. The van der Waals surface area contributed by atoms with E-state index in [4.69, 9.17) is 0 Å². The van der Waals surface area contributed by atoms with Gasteiger partial charge in [-0.1, -0.05) is 30.3 Å². The fourth-order valence-electron chi connectivity index (χ4n) is 3.92. The van der Waals surface area contributed by atoms with Crippen molar-refractivity contribution >= 4 is 15.8 Å². The van der Waals surface area contributed by atoms with Gasteiger partial charge in [0.25, 0.3) is 0 Å². The normalized spacial score (nSPS) is 23.2. The van der Waals surface area contributed by atoms with Crippen LogP contribution in [0.5, 0.6) is 0 Å². The van der Waals surface area contributed by atoms with Crippen LogP contribution in [0.4, 0.5) is 19.0 Å². The molecule has 2 aliphatic rings. The van der Waals surface area contributed by atoms with E-state index >= 15 is 0 Å². The van der Waals surface area contributed by atoms with Crippen LogP contribution >= 0.6 is 0 Å². The Balaban J connectivity index is 1.42. The van der Waals surface area contributed by atoms with E-state index in [1.165, 1.54) is 4.31 Å². The summed E-state index contributed by atoms with van der Waals surface area (Å²) in [6.45, 7) is 1.73. The third kappa shape index (κ3) is 3.83. The van der Waals surface area contributed by atoms with Crippen LogP contribution in [0.2, 0.25) is 0 Å². The zero-order chi connectivity index (χ0) is 19.9. The summed E-state index contributed by atoms with van der Waals surface area (Å²) >= 11 is 0. The molecule has 1 aromatic carbocycles. The van der Waals surface area contributed by atoms with Crippen molar-refractivity contribution < 1.29 is 21.6 Å². The Kier molecular flexibility index (Phi) is 4.78. The van der Waals surface area contributed by atoms with Crippen LogP contribution < -0.4 is 4.90 Å². The molecule has 6 nitrogen and oxygen atoms in total. The van der Waals surface area contributed by atoms with Crippen molar-refractivity contribution in [2.45, 2.75) is 11.9 Å². The fourth-order valence-corrected chi connectivity index (χ4v) is 5.55. The van der Waals surface area contributed by atoms with Gasteiger partial charge in [0.15, 0.2) is 0 Å². The average molecular weight is 412 g/mol. The molecular weight excluding hydrogens is 393 g/mol. The van der Waals surface area contributed by atoms with Gasteiger partial charge < -0.3 is 4.90 Å². The molecule has 0 aliphatic carbocycles. The molecule has 2 aromatic rings. The summed E-state index contributed by atoms with van der Waals surface area (Å²) in [4.78, 5) is 9.04. The van der Waals surface area contributed by atoms with Crippen molar-refractivity contribution in [1.29, 1.82) is 0 Å². The topological polar surface area (TPSA) is 66.4 Å². The second-order valence-corrected chi connectivity index (χ2v) is 9.21. The van der Waals surface area contributed by atoms with Gasteiger partial charge in [-0.2, -0.15) is 13.2 Å². The second kappa shape index (κ2) is 7.00. The number of hydrogen-bond donors (Lipinski definition) is 0. The van der Waals surface area contributed by atoms with Crippen molar-refractivity contribution in [2.24, 2.45) is 11.8 Å². The van der Waals surface area contributed by atoms with E-state index in [0.29, 0.717) is 26.2 Å². The third-order valence-corrected chi connectivity index (χ3v) is 7.09. The van der Waals surface area contributed by atoms with Gasteiger partial charge in [0.05, 0.1) is 5.75 Å². The molecule has 0 amide bonds. The quantitative estimate of drug-likeness (QED) is 0.772. The first-order valence-corrected chi connectivity index (χ1v) is 10.5. The summed E-state index contributed by atoms with van der Waals surface area (Å²) in [5.41, 5.74) is -0.233. The number of aromatic nitrogens is 2. The predicted molar refractivity (Wildman–Crippen MR) is 96.9 cm³/mol. The summed E-state index contributed by atoms with van der Waals surface area (Å²) in [5.74, 6) is 0.345. The number of nitrogens with zero attached hydrogens (tertiary/aromatic N) is 4. The summed E-state index contributed by atoms with van der Waals surface area (Å²) in [7, 11) is -3.42. The molecule has 2 fully saturated rings. The number of hydrogen-bond acceptors (Lipinski definition) is 5. The first kappa shape index (κ1) is 19.1. The van der Waals surface area contributed by atoms with E-state index in [1.54, 1.807) is 29.2 Å². The van der Waals surface area contributed by atoms with Gasteiger partial charge in [-0.15, -0.1) is 0 Å².